The number of hydrogen-bond acceptors (Lipinski definition) is 3. The van der Waals surface area contributed by atoms with Gasteiger partial charge in [-0.2, -0.15) is 4.31 Å². The summed E-state index contributed by atoms with van der Waals surface area (Å²) in [5.41, 5.74) is 1.05. The monoisotopic (exact) mass is 408 g/mol. The van der Waals surface area contributed by atoms with Crippen LogP contribution in [0.4, 0.5) is 0 Å². The van der Waals surface area contributed by atoms with Crippen LogP contribution in [-0.4, -0.2) is 37.8 Å². The highest BCUT2D eigenvalue weighted by atomic mass is 32.2. The molecule has 158 valence electrons. The average molecular weight is 409 g/mol. The van der Waals surface area contributed by atoms with E-state index < -0.39 is 10.0 Å². The molecule has 1 fully saturated rings. The minimum absolute atomic E-state index is 0.0452. The van der Waals surface area contributed by atoms with Gasteiger partial charge < -0.3 is 5.32 Å². The highest BCUT2D eigenvalue weighted by molar-refractivity contribution is 7.89. The number of nitrogens with one attached hydrogen (secondary N) is 1. The van der Waals surface area contributed by atoms with E-state index in [1.54, 1.807) is 16.4 Å². The minimum Gasteiger partial charge on any atom is -0.356 e. The third-order valence-electron chi connectivity index (χ3n) is 5.62. The first-order chi connectivity index (χ1) is 13.4. The molecule has 1 aromatic carbocycles. The van der Waals surface area contributed by atoms with Gasteiger partial charge in [-0.05, 0) is 51.2 Å². The smallest absolute Gasteiger partial charge is 0.243 e. The van der Waals surface area contributed by atoms with Gasteiger partial charge in [0.05, 0.1) is 4.90 Å². The second-order valence-corrected chi connectivity index (χ2v) is 9.82. The summed E-state index contributed by atoms with van der Waals surface area (Å²) in [5, 5.41) is 3.06. The van der Waals surface area contributed by atoms with Gasteiger partial charge in [0, 0.05) is 25.0 Å². The molecule has 0 bridgehead atoms. The molecule has 6 heteroatoms. The summed E-state index contributed by atoms with van der Waals surface area (Å²) in [6.45, 7) is 7.25. The number of carbonyl (C=O) groups is 1. The SMILES string of the molecule is CCCC(CCC)C(=O)NCCC1CCCCN1S(=O)(=O)c1ccc(C)cc1. The number of amides is 1. The maximum atomic E-state index is 13.1. The zero-order valence-electron chi connectivity index (χ0n) is 17.6. The Bertz CT molecular complexity index is 710. The van der Waals surface area contributed by atoms with E-state index in [4.69, 9.17) is 0 Å². The van der Waals surface area contributed by atoms with E-state index in [2.05, 4.69) is 19.2 Å². The molecule has 1 amide bonds. The fourth-order valence-corrected chi connectivity index (χ4v) is 5.76. The first kappa shape index (κ1) is 22.9. The third-order valence-corrected chi connectivity index (χ3v) is 7.59. The van der Waals surface area contributed by atoms with Crippen molar-refractivity contribution in [1.29, 1.82) is 0 Å². The lowest BCUT2D eigenvalue weighted by Gasteiger charge is -2.35. The van der Waals surface area contributed by atoms with Crippen molar-refractivity contribution in [1.82, 2.24) is 9.62 Å². The van der Waals surface area contributed by atoms with Crippen LogP contribution in [-0.2, 0) is 14.8 Å². The van der Waals surface area contributed by atoms with E-state index in [1.807, 2.05) is 19.1 Å². The number of sulfonamides is 1. The number of rotatable bonds is 10. The molecule has 0 saturated carbocycles. The number of carbonyl (C=O) groups excluding carboxylic acids is 1. The van der Waals surface area contributed by atoms with E-state index in [9.17, 15) is 13.2 Å². The van der Waals surface area contributed by atoms with Gasteiger partial charge in [-0.25, -0.2) is 8.42 Å². The maximum absolute atomic E-state index is 13.1. The molecular formula is C22H36N2O3S. The van der Waals surface area contributed by atoms with Crippen molar-refractivity contribution < 1.29 is 13.2 Å². The van der Waals surface area contributed by atoms with Gasteiger partial charge in [0.2, 0.25) is 15.9 Å². The Morgan fingerprint density at radius 3 is 2.39 bits per heavy atom. The minimum atomic E-state index is -3.49. The highest BCUT2D eigenvalue weighted by Crippen LogP contribution is 2.27. The molecule has 0 spiro atoms. The largest absolute Gasteiger partial charge is 0.356 e. The summed E-state index contributed by atoms with van der Waals surface area (Å²) in [4.78, 5) is 12.8. The van der Waals surface area contributed by atoms with Gasteiger partial charge in [0.1, 0.15) is 0 Å². The molecule has 1 aliphatic heterocycles. The van der Waals surface area contributed by atoms with E-state index in [1.165, 1.54) is 0 Å². The summed E-state index contributed by atoms with van der Waals surface area (Å²) in [6.07, 6.45) is 7.28. The van der Waals surface area contributed by atoms with Gasteiger partial charge in [0.25, 0.3) is 0 Å². The maximum Gasteiger partial charge on any atom is 0.243 e. The van der Waals surface area contributed by atoms with Crippen molar-refractivity contribution in [3.05, 3.63) is 29.8 Å². The van der Waals surface area contributed by atoms with Gasteiger partial charge in [-0.15, -0.1) is 0 Å². The topological polar surface area (TPSA) is 66.5 Å². The van der Waals surface area contributed by atoms with Crippen LogP contribution in [0, 0.1) is 12.8 Å². The van der Waals surface area contributed by atoms with Crippen molar-refractivity contribution in [3.8, 4) is 0 Å². The molecule has 1 heterocycles. The average Bonchev–Trinajstić information content (AvgIpc) is 2.68. The lowest BCUT2D eigenvalue weighted by atomic mass is 9.97. The number of nitrogens with zero attached hydrogens (tertiary/aromatic N) is 1. The number of piperidine rings is 1. The van der Waals surface area contributed by atoms with E-state index in [-0.39, 0.29) is 17.9 Å². The van der Waals surface area contributed by atoms with Gasteiger partial charge in [0.15, 0.2) is 0 Å². The summed E-state index contributed by atoms with van der Waals surface area (Å²) >= 11 is 0. The molecule has 0 radical (unpaired) electrons. The highest BCUT2D eigenvalue weighted by Gasteiger charge is 2.33. The Morgan fingerprint density at radius 1 is 1.14 bits per heavy atom. The van der Waals surface area contributed by atoms with Crippen LogP contribution in [0.3, 0.4) is 0 Å². The molecule has 0 aliphatic carbocycles. The first-order valence-electron chi connectivity index (χ1n) is 10.8. The fraction of sp³-hybridized carbons (Fsp3) is 0.682. The standard InChI is InChI=1S/C22H36N2O3S/c1-4-8-19(9-5-2)22(25)23-16-15-20-10-6-7-17-24(20)28(26,27)21-13-11-18(3)12-14-21/h11-14,19-20H,4-10,15-17H2,1-3H3,(H,23,25). The predicted octanol–water partition coefficient (Wildman–Crippen LogP) is 4.26. The summed E-state index contributed by atoms with van der Waals surface area (Å²) in [5.74, 6) is 0.196. The van der Waals surface area contributed by atoms with Crippen molar-refractivity contribution in [2.24, 2.45) is 5.92 Å². The van der Waals surface area contributed by atoms with Crippen LogP contribution in [0.5, 0.6) is 0 Å². The van der Waals surface area contributed by atoms with Crippen LogP contribution in [0.2, 0.25) is 0 Å². The zero-order valence-corrected chi connectivity index (χ0v) is 18.4. The van der Waals surface area contributed by atoms with Crippen LogP contribution < -0.4 is 5.32 Å². The van der Waals surface area contributed by atoms with Crippen molar-refractivity contribution >= 4 is 15.9 Å². The Balaban J connectivity index is 1.99. The van der Waals surface area contributed by atoms with Crippen molar-refractivity contribution in [3.63, 3.8) is 0 Å². The Labute approximate surface area is 170 Å². The van der Waals surface area contributed by atoms with Gasteiger partial charge in [-0.3, -0.25) is 4.79 Å². The normalized spacial score (nSPS) is 18.4. The molecule has 5 nitrogen and oxygen atoms in total. The van der Waals surface area contributed by atoms with Crippen LogP contribution in [0.15, 0.2) is 29.2 Å². The Morgan fingerprint density at radius 2 is 1.79 bits per heavy atom. The Hall–Kier alpha value is -1.40. The van der Waals surface area contributed by atoms with E-state index in [0.717, 1.165) is 50.5 Å². The molecule has 1 saturated heterocycles. The molecule has 0 aromatic heterocycles. The van der Waals surface area contributed by atoms with Gasteiger partial charge >= 0.3 is 0 Å². The number of aryl methyl sites for hydroxylation is 1. The van der Waals surface area contributed by atoms with E-state index >= 15 is 0 Å². The molecule has 1 atom stereocenters. The molecule has 1 aromatic rings. The zero-order chi connectivity index (χ0) is 20.6. The second-order valence-electron chi connectivity index (χ2n) is 7.93. The Kier molecular flexibility index (Phi) is 8.96. The first-order valence-corrected chi connectivity index (χ1v) is 12.2. The number of benzene rings is 1. The number of hydrogen-bond donors (Lipinski definition) is 1. The fourth-order valence-electron chi connectivity index (χ4n) is 4.03. The van der Waals surface area contributed by atoms with Crippen molar-refractivity contribution in [2.75, 3.05) is 13.1 Å². The summed E-state index contributed by atoms with van der Waals surface area (Å²) in [6, 6.07) is 7.02. The summed E-state index contributed by atoms with van der Waals surface area (Å²) < 4.78 is 27.9. The quantitative estimate of drug-likeness (QED) is 0.629. The molecule has 1 N–H and O–H groups in total. The lowest BCUT2D eigenvalue weighted by molar-refractivity contribution is -0.125. The molecule has 2 rings (SSSR count). The molecule has 1 aliphatic rings. The van der Waals surface area contributed by atoms with Crippen LogP contribution in [0.1, 0.15) is 70.8 Å². The van der Waals surface area contributed by atoms with Crippen LogP contribution in [0.25, 0.3) is 0 Å². The molecular weight excluding hydrogens is 372 g/mol. The van der Waals surface area contributed by atoms with Crippen molar-refractivity contribution in [2.45, 2.75) is 83.1 Å². The third kappa shape index (κ3) is 6.05. The van der Waals surface area contributed by atoms with E-state index in [0.29, 0.717) is 24.4 Å². The summed E-state index contributed by atoms with van der Waals surface area (Å²) in [7, 11) is -3.49. The van der Waals surface area contributed by atoms with Gasteiger partial charge in [-0.1, -0.05) is 50.8 Å². The molecule has 1 unspecified atom stereocenters. The lowest BCUT2D eigenvalue weighted by Crippen LogP contribution is -2.45. The predicted molar refractivity (Wildman–Crippen MR) is 114 cm³/mol. The molecule has 28 heavy (non-hydrogen) atoms. The van der Waals surface area contributed by atoms with Crippen LogP contribution >= 0.6 is 0 Å². The second kappa shape index (κ2) is 11.0.